The molecule has 0 aliphatic heterocycles. The minimum Gasteiger partial charge on any atom is -0.478 e. The number of aromatic nitrogens is 1. The van der Waals surface area contributed by atoms with Crippen molar-refractivity contribution in [2.75, 3.05) is 6.61 Å². The number of hydrogen-bond donors (Lipinski definition) is 1. The van der Waals surface area contributed by atoms with Crippen LogP contribution in [0.15, 0.2) is 30.3 Å². The summed E-state index contributed by atoms with van der Waals surface area (Å²) in [5, 5.41) is 10.1. The number of pyridine rings is 1. The molecule has 0 bridgehead atoms. The Morgan fingerprint density at radius 2 is 1.95 bits per heavy atom. The summed E-state index contributed by atoms with van der Waals surface area (Å²) in [6, 6.07) is 8.76. The molecule has 0 spiro atoms. The topological polar surface area (TPSA) is 42.4 Å². The lowest BCUT2D eigenvalue weighted by molar-refractivity contribution is -0.136. The predicted molar refractivity (Wildman–Crippen MR) is 68.4 cm³/mol. The van der Waals surface area contributed by atoms with Gasteiger partial charge in [0.05, 0.1) is 18.7 Å². The Morgan fingerprint density at radius 3 is 2.65 bits per heavy atom. The zero-order valence-corrected chi connectivity index (χ0v) is 10.7. The smallest absolute Gasteiger partial charge is 0.389 e. The Morgan fingerprint density at radius 1 is 1.20 bits per heavy atom. The van der Waals surface area contributed by atoms with Crippen molar-refractivity contribution in [3.05, 3.63) is 35.9 Å². The molecule has 0 atom stereocenters. The molecule has 0 unspecified atom stereocenters. The molecule has 2 aromatic rings. The molecule has 1 aromatic carbocycles. The lowest BCUT2D eigenvalue weighted by atomic mass is 10.1. The van der Waals surface area contributed by atoms with E-state index in [2.05, 4.69) is 4.98 Å². The fourth-order valence-corrected chi connectivity index (χ4v) is 1.87. The molecule has 0 radical (unpaired) electrons. The van der Waals surface area contributed by atoms with Gasteiger partial charge < -0.3 is 9.84 Å². The van der Waals surface area contributed by atoms with Gasteiger partial charge in [0.2, 0.25) is 5.88 Å². The second-order valence-electron chi connectivity index (χ2n) is 4.36. The highest BCUT2D eigenvalue weighted by Crippen LogP contribution is 2.24. The first-order chi connectivity index (χ1) is 9.49. The van der Waals surface area contributed by atoms with E-state index < -0.39 is 12.6 Å². The summed E-state index contributed by atoms with van der Waals surface area (Å²) >= 11 is 0. The second-order valence-corrected chi connectivity index (χ2v) is 4.36. The van der Waals surface area contributed by atoms with E-state index in [0.717, 1.165) is 5.39 Å². The monoisotopic (exact) mass is 285 g/mol. The van der Waals surface area contributed by atoms with Gasteiger partial charge in [-0.2, -0.15) is 13.2 Å². The zero-order valence-electron chi connectivity index (χ0n) is 10.7. The van der Waals surface area contributed by atoms with Crippen molar-refractivity contribution in [1.82, 2.24) is 4.98 Å². The number of para-hydroxylation sites is 1. The van der Waals surface area contributed by atoms with E-state index in [-0.39, 0.29) is 25.5 Å². The predicted octanol–water partition coefficient (Wildman–Crippen LogP) is 3.45. The Hall–Kier alpha value is -1.82. The first-order valence-electron chi connectivity index (χ1n) is 6.18. The molecule has 3 nitrogen and oxygen atoms in total. The van der Waals surface area contributed by atoms with E-state index in [9.17, 15) is 18.3 Å². The Bertz CT molecular complexity index is 584. The minimum atomic E-state index is -4.17. The van der Waals surface area contributed by atoms with Crippen molar-refractivity contribution in [3.8, 4) is 5.88 Å². The fourth-order valence-electron chi connectivity index (χ4n) is 1.87. The van der Waals surface area contributed by atoms with Gasteiger partial charge in [-0.3, -0.25) is 0 Å². The Kier molecular flexibility index (Phi) is 4.44. The summed E-state index contributed by atoms with van der Waals surface area (Å²) < 4.78 is 41.2. The number of alkyl halides is 3. The standard InChI is InChI=1S/C14H14F3NO2/c15-14(16,17)6-3-7-20-13-8-10(9-19)11-4-1-2-5-12(11)18-13/h1-2,4-5,8,19H,3,6-7,9H2. The minimum absolute atomic E-state index is 0.0598. The van der Waals surface area contributed by atoms with Crippen molar-refractivity contribution in [2.24, 2.45) is 0 Å². The SMILES string of the molecule is OCc1cc(OCCCC(F)(F)F)nc2ccccc12. The van der Waals surface area contributed by atoms with Gasteiger partial charge in [-0.15, -0.1) is 0 Å². The summed E-state index contributed by atoms with van der Waals surface area (Å²) in [6.07, 6.45) is -5.17. The van der Waals surface area contributed by atoms with Crippen molar-refractivity contribution >= 4 is 10.9 Å². The van der Waals surface area contributed by atoms with Gasteiger partial charge in [-0.1, -0.05) is 18.2 Å². The van der Waals surface area contributed by atoms with Crippen LogP contribution in [0.1, 0.15) is 18.4 Å². The summed E-state index contributed by atoms with van der Waals surface area (Å²) in [6.45, 7) is -0.238. The van der Waals surface area contributed by atoms with Crippen LogP contribution in [-0.4, -0.2) is 22.9 Å². The third-order valence-electron chi connectivity index (χ3n) is 2.80. The van der Waals surface area contributed by atoms with E-state index in [1.54, 1.807) is 18.2 Å². The molecular formula is C14H14F3NO2. The molecule has 2 rings (SSSR count). The molecule has 0 saturated heterocycles. The Labute approximate surface area is 114 Å². The maximum absolute atomic E-state index is 12.0. The largest absolute Gasteiger partial charge is 0.478 e. The molecule has 0 fully saturated rings. The molecular weight excluding hydrogens is 271 g/mol. The first-order valence-corrected chi connectivity index (χ1v) is 6.18. The van der Waals surface area contributed by atoms with Gasteiger partial charge in [-0.25, -0.2) is 4.98 Å². The van der Waals surface area contributed by atoms with E-state index in [0.29, 0.717) is 11.1 Å². The number of fused-ring (bicyclic) bond motifs is 1. The molecule has 0 saturated carbocycles. The van der Waals surface area contributed by atoms with E-state index >= 15 is 0 Å². The molecule has 108 valence electrons. The second kappa shape index (κ2) is 6.09. The van der Waals surface area contributed by atoms with Crippen LogP contribution in [0.5, 0.6) is 5.88 Å². The number of ether oxygens (including phenoxy) is 1. The summed E-state index contributed by atoms with van der Waals surface area (Å²) in [4.78, 5) is 4.20. The average molecular weight is 285 g/mol. The van der Waals surface area contributed by atoms with Crippen LogP contribution < -0.4 is 4.74 Å². The highest BCUT2D eigenvalue weighted by atomic mass is 19.4. The van der Waals surface area contributed by atoms with Gasteiger partial charge in [0.1, 0.15) is 0 Å². The van der Waals surface area contributed by atoms with Crippen molar-refractivity contribution in [3.63, 3.8) is 0 Å². The lowest BCUT2D eigenvalue weighted by Crippen LogP contribution is -2.10. The van der Waals surface area contributed by atoms with Crippen LogP contribution in [0.4, 0.5) is 13.2 Å². The number of benzene rings is 1. The number of hydrogen-bond acceptors (Lipinski definition) is 3. The van der Waals surface area contributed by atoms with Crippen molar-refractivity contribution in [1.29, 1.82) is 0 Å². The van der Waals surface area contributed by atoms with Crippen LogP contribution in [0.2, 0.25) is 0 Å². The number of halogens is 3. The van der Waals surface area contributed by atoms with Crippen LogP contribution in [0, 0.1) is 0 Å². The maximum atomic E-state index is 12.0. The highest BCUT2D eigenvalue weighted by molar-refractivity contribution is 5.82. The average Bonchev–Trinajstić information content (AvgIpc) is 2.41. The third kappa shape index (κ3) is 3.84. The number of aliphatic hydroxyl groups excluding tert-OH is 1. The normalized spacial score (nSPS) is 11.8. The molecule has 0 amide bonds. The van der Waals surface area contributed by atoms with Crippen LogP contribution in [-0.2, 0) is 6.61 Å². The van der Waals surface area contributed by atoms with E-state index in [4.69, 9.17) is 4.74 Å². The third-order valence-corrected chi connectivity index (χ3v) is 2.80. The maximum Gasteiger partial charge on any atom is 0.389 e. The van der Waals surface area contributed by atoms with Gasteiger partial charge in [0.25, 0.3) is 0 Å². The fraction of sp³-hybridized carbons (Fsp3) is 0.357. The highest BCUT2D eigenvalue weighted by Gasteiger charge is 2.26. The Balaban J connectivity index is 2.07. The molecule has 0 aliphatic carbocycles. The van der Waals surface area contributed by atoms with Crippen molar-refractivity contribution < 1.29 is 23.0 Å². The van der Waals surface area contributed by atoms with E-state index in [1.807, 2.05) is 12.1 Å². The number of nitrogens with zero attached hydrogens (tertiary/aromatic N) is 1. The lowest BCUT2D eigenvalue weighted by Gasteiger charge is -2.10. The molecule has 1 heterocycles. The number of rotatable bonds is 5. The zero-order chi connectivity index (χ0) is 14.6. The van der Waals surface area contributed by atoms with Crippen LogP contribution >= 0.6 is 0 Å². The summed E-state index contributed by atoms with van der Waals surface area (Å²) in [5.74, 6) is 0.231. The first kappa shape index (κ1) is 14.6. The summed E-state index contributed by atoms with van der Waals surface area (Å²) in [7, 11) is 0. The van der Waals surface area contributed by atoms with E-state index in [1.165, 1.54) is 0 Å². The van der Waals surface area contributed by atoms with Crippen molar-refractivity contribution in [2.45, 2.75) is 25.6 Å². The molecule has 1 aromatic heterocycles. The van der Waals surface area contributed by atoms with Gasteiger partial charge in [0, 0.05) is 17.9 Å². The van der Waals surface area contributed by atoms with Gasteiger partial charge in [-0.05, 0) is 18.1 Å². The molecule has 20 heavy (non-hydrogen) atoms. The molecule has 0 aliphatic rings. The number of aliphatic hydroxyl groups is 1. The van der Waals surface area contributed by atoms with Crippen LogP contribution in [0.3, 0.4) is 0 Å². The van der Waals surface area contributed by atoms with Crippen LogP contribution in [0.25, 0.3) is 10.9 Å². The quantitative estimate of drug-likeness (QED) is 0.856. The molecule has 1 N–H and O–H groups in total. The molecule has 6 heteroatoms. The summed E-state index contributed by atoms with van der Waals surface area (Å²) in [5.41, 5.74) is 1.28. The van der Waals surface area contributed by atoms with Gasteiger partial charge in [0.15, 0.2) is 0 Å². The van der Waals surface area contributed by atoms with Gasteiger partial charge >= 0.3 is 6.18 Å².